The SMILES string of the molecule is O=CON(CCOc1ccccc1)Cc1coc2cc(Oc3nc4ncccc4s3)ccc12. The van der Waals surface area contributed by atoms with Gasteiger partial charge in [-0.2, -0.15) is 4.98 Å². The van der Waals surface area contributed by atoms with E-state index in [1.807, 2.05) is 60.7 Å². The monoisotopic (exact) mass is 461 g/mol. The molecule has 166 valence electrons. The van der Waals surface area contributed by atoms with Gasteiger partial charge in [0.2, 0.25) is 0 Å². The lowest BCUT2D eigenvalue weighted by Gasteiger charge is -2.18. The van der Waals surface area contributed by atoms with Gasteiger partial charge >= 0.3 is 6.47 Å². The van der Waals surface area contributed by atoms with Gasteiger partial charge in [-0.1, -0.05) is 29.5 Å². The minimum Gasteiger partial charge on any atom is -0.492 e. The Hall–Kier alpha value is -3.95. The summed E-state index contributed by atoms with van der Waals surface area (Å²) in [6.45, 7) is 1.52. The lowest BCUT2D eigenvalue weighted by molar-refractivity contribution is -0.178. The third-order valence-electron chi connectivity index (χ3n) is 4.87. The summed E-state index contributed by atoms with van der Waals surface area (Å²) < 4.78 is 18.3. The predicted molar refractivity (Wildman–Crippen MR) is 123 cm³/mol. The van der Waals surface area contributed by atoms with Gasteiger partial charge in [0, 0.05) is 23.2 Å². The van der Waals surface area contributed by atoms with Gasteiger partial charge in [-0.15, -0.1) is 5.06 Å². The smallest absolute Gasteiger partial charge is 0.313 e. The van der Waals surface area contributed by atoms with Crippen molar-refractivity contribution in [3.63, 3.8) is 0 Å². The van der Waals surface area contributed by atoms with Crippen molar-refractivity contribution >= 4 is 39.1 Å². The number of pyridine rings is 1. The molecular formula is C24H19N3O5S. The number of aromatic nitrogens is 2. The van der Waals surface area contributed by atoms with Crippen LogP contribution in [0, 0.1) is 0 Å². The van der Waals surface area contributed by atoms with E-state index in [0.717, 1.165) is 21.4 Å². The highest BCUT2D eigenvalue weighted by atomic mass is 32.1. The van der Waals surface area contributed by atoms with Crippen LogP contribution in [0.4, 0.5) is 0 Å². The Morgan fingerprint density at radius 3 is 2.82 bits per heavy atom. The molecule has 0 saturated heterocycles. The maximum Gasteiger partial charge on any atom is 0.313 e. The molecule has 0 aliphatic heterocycles. The van der Waals surface area contributed by atoms with Crippen molar-refractivity contribution in [2.45, 2.75) is 6.54 Å². The summed E-state index contributed by atoms with van der Waals surface area (Å²) in [5.74, 6) is 1.37. The normalized spacial score (nSPS) is 11.2. The molecule has 0 spiro atoms. The molecule has 2 aromatic carbocycles. The molecule has 0 aliphatic rings. The van der Waals surface area contributed by atoms with Crippen LogP contribution < -0.4 is 9.47 Å². The molecule has 3 aromatic heterocycles. The van der Waals surface area contributed by atoms with Gasteiger partial charge in [0.15, 0.2) is 5.65 Å². The van der Waals surface area contributed by atoms with Gasteiger partial charge in [-0.3, -0.25) is 4.79 Å². The Morgan fingerprint density at radius 2 is 1.97 bits per heavy atom. The van der Waals surface area contributed by atoms with Crippen LogP contribution in [0.15, 0.2) is 77.5 Å². The van der Waals surface area contributed by atoms with E-state index in [9.17, 15) is 4.79 Å². The van der Waals surface area contributed by atoms with Crippen LogP contribution in [-0.4, -0.2) is 34.7 Å². The summed E-state index contributed by atoms with van der Waals surface area (Å²) in [5.41, 5.74) is 2.20. The van der Waals surface area contributed by atoms with E-state index >= 15 is 0 Å². The van der Waals surface area contributed by atoms with Crippen LogP contribution in [0.2, 0.25) is 0 Å². The van der Waals surface area contributed by atoms with E-state index in [2.05, 4.69) is 9.97 Å². The number of benzene rings is 2. The second-order valence-electron chi connectivity index (χ2n) is 7.05. The van der Waals surface area contributed by atoms with Crippen molar-refractivity contribution in [3.05, 3.63) is 78.7 Å². The lowest BCUT2D eigenvalue weighted by Crippen LogP contribution is -2.28. The average Bonchev–Trinajstić information content (AvgIpc) is 3.43. The van der Waals surface area contributed by atoms with Gasteiger partial charge < -0.3 is 18.7 Å². The van der Waals surface area contributed by atoms with E-state index in [4.69, 9.17) is 18.7 Å². The standard InChI is InChI=1S/C24H19N3O5S/c28-16-31-27(11-12-29-18-5-2-1-3-6-18)14-17-15-30-21-13-19(8-9-20(17)21)32-24-26-23-22(33-24)7-4-10-25-23/h1-10,13,15-16H,11-12,14H2. The zero-order valence-electron chi connectivity index (χ0n) is 17.4. The van der Waals surface area contributed by atoms with E-state index in [0.29, 0.717) is 48.3 Å². The molecule has 0 saturated carbocycles. The topological polar surface area (TPSA) is 86.9 Å². The maximum absolute atomic E-state index is 11.0. The number of nitrogens with zero attached hydrogens (tertiary/aromatic N) is 3. The van der Waals surface area contributed by atoms with Crippen LogP contribution in [-0.2, 0) is 16.2 Å². The van der Waals surface area contributed by atoms with Gasteiger partial charge in [0.25, 0.3) is 5.19 Å². The Bertz CT molecular complexity index is 1340. The van der Waals surface area contributed by atoms with Gasteiger partial charge in [-0.05, 0) is 36.4 Å². The molecular weight excluding hydrogens is 442 g/mol. The second-order valence-corrected chi connectivity index (χ2v) is 8.05. The highest BCUT2D eigenvalue weighted by Crippen LogP contribution is 2.33. The predicted octanol–water partition coefficient (Wildman–Crippen LogP) is 5.20. The van der Waals surface area contributed by atoms with Crippen molar-refractivity contribution < 1.29 is 23.5 Å². The van der Waals surface area contributed by atoms with Gasteiger partial charge in [-0.25, -0.2) is 4.98 Å². The quantitative estimate of drug-likeness (QED) is 0.207. The molecule has 0 atom stereocenters. The number of para-hydroxylation sites is 1. The number of hydrogen-bond acceptors (Lipinski definition) is 9. The summed E-state index contributed by atoms with van der Waals surface area (Å²) in [4.78, 5) is 24.7. The highest BCUT2D eigenvalue weighted by Gasteiger charge is 2.14. The first-order valence-electron chi connectivity index (χ1n) is 10.2. The number of carbonyl (C=O) groups excluding carboxylic acids is 1. The number of rotatable bonds is 10. The van der Waals surface area contributed by atoms with E-state index in [-0.39, 0.29) is 0 Å². The van der Waals surface area contributed by atoms with Gasteiger partial charge in [0.1, 0.15) is 23.7 Å². The Balaban J connectivity index is 1.26. The molecule has 0 radical (unpaired) electrons. The summed E-state index contributed by atoms with van der Waals surface area (Å²) >= 11 is 1.43. The van der Waals surface area contributed by atoms with E-state index < -0.39 is 0 Å². The summed E-state index contributed by atoms with van der Waals surface area (Å²) in [6.07, 6.45) is 3.35. The van der Waals surface area contributed by atoms with Crippen molar-refractivity contribution in [1.29, 1.82) is 0 Å². The molecule has 5 aromatic rings. The van der Waals surface area contributed by atoms with Crippen LogP contribution in [0.1, 0.15) is 5.56 Å². The fraction of sp³-hybridized carbons (Fsp3) is 0.125. The third-order valence-corrected chi connectivity index (χ3v) is 5.76. The first kappa shape index (κ1) is 20.9. The second kappa shape index (κ2) is 9.68. The molecule has 0 N–H and O–H groups in total. The molecule has 5 rings (SSSR count). The molecule has 3 heterocycles. The fourth-order valence-electron chi connectivity index (χ4n) is 3.35. The number of furan rings is 1. The van der Waals surface area contributed by atoms with Crippen molar-refractivity contribution in [3.8, 4) is 16.7 Å². The molecule has 33 heavy (non-hydrogen) atoms. The van der Waals surface area contributed by atoms with Gasteiger partial charge in [0.05, 0.1) is 24.1 Å². The number of fused-ring (bicyclic) bond motifs is 2. The van der Waals surface area contributed by atoms with Crippen molar-refractivity contribution in [2.24, 2.45) is 0 Å². The molecule has 0 aliphatic carbocycles. The van der Waals surface area contributed by atoms with E-state index in [1.165, 1.54) is 16.4 Å². The van der Waals surface area contributed by atoms with Crippen molar-refractivity contribution in [1.82, 2.24) is 15.0 Å². The zero-order chi connectivity index (χ0) is 22.5. The molecule has 0 bridgehead atoms. The molecule has 0 unspecified atom stereocenters. The maximum atomic E-state index is 11.0. The number of hydroxylamine groups is 2. The molecule has 8 nitrogen and oxygen atoms in total. The average molecular weight is 461 g/mol. The van der Waals surface area contributed by atoms with Crippen LogP contribution in [0.5, 0.6) is 16.7 Å². The molecule has 0 fully saturated rings. The Morgan fingerprint density at radius 1 is 1.06 bits per heavy atom. The van der Waals surface area contributed by atoms with E-state index in [1.54, 1.807) is 12.5 Å². The minimum absolute atomic E-state index is 0.355. The largest absolute Gasteiger partial charge is 0.492 e. The fourth-order valence-corrected chi connectivity index (χ4v) is 4.14. The Labute approximate surface area is 192 Å². The summed E-state index contributed by atoms with van der Waals surface area (Å²) in [5, 5.41) is 2.94. The first-order chi connectivity index (χ1) is 16.3. The lowest BCUT2D eigenvalue weighted by atomic mass is 10.1. The van der Waals surface area contributed by atoms with Crippen LogP contribution in [0.3, 0.4) is 0 Å². The van der Waals surface area contributed by atoms with Crippen LogP contribution >= 0.6 is 11.3 Å². The minimum atomic E-state index is 0.355. The number of thiazole rings is 1. The zero-order valence-corrected chi connectivity index (χ0v) is 18.2. The Kier molecular flexibility index (Phi) is 6.14. The highest BCUT2D eigenvalue weighted by molar-refractivity contribution is 7.20. The summed E-state index contributed by atoms with van der Waals surface area (Å²) in [7, 11) is 0. The first-order valence-corrected chi connectivity index (χ1v) is 11.0. The van der Waals surface area contributed by atoms with Crippen molar-refractivity contribution in [2.75, 3.05) is 13.2 Å². The third kappa shape index (κ3) is 4.94. The summed E-state index contributed by atoms with van der Waals surface area (Å²) in [6, 6.07) is 18.9. The molecule has 0 amide bonds. The van der Waals surface area contributed by atoms with Crippen LogP contribution in [0.25, 0.3) is 21.3 Å². The number of ether oxygens (including phenoxy) is 2. The molecule has 9 heteroatoms. The number of carbonyl (C=O) groups is 1. The number of hydrogen-bond donors (Lipinski definition) is 0.